The lowest BCUT2D eigenvalue weighted by molar-refractivity contribution is 0.146. The number of thioether (sulfide) groups is 1. The molecule has 1 aliphatic rings. The van der Waals surface area contributed by atoms with Crippen LogP contribution in [0.15, 0.2) is 23.4 Å². The fourth-order valence-corrected chi connectivity index (χ4v) is 3.59. The molecule has 0 aromatic carbocycles. The molecule has 0 bridgehead atoms. The molecular weight excluding hydrogens is 240 g/mol. The topological polar surface area (TPSA) is 16.1 Å². The van der Waals surface area contributed by atoms with Crippen LogP contribution in [0.3, 0.4) is 0 Å². The lowest BCUT2D eigenvalue weighted by Crippen LogP contribution is -2.34. The Morgan fingerprint density at radius 3 is 3.06 bits per heavy atom. The third-order valence-corrected chi connectivity index (χ3v) is 4.47. The predicted molar refractivity (Wildman–Crippen MR) is 79.1 cm³/mol. The summed E-state index contributed by atoms with van der Waals surface area (Å²) in [5.41, 5.74) is 1.46. The van der Waals surface area contributed by atoms with Gasteiger partial charge in [-0.2, -0.15) is 0 Å². The van der Waals surface area contributed by atoms with E-state index in [1.54, 1.807) is 0 Å². The first-order chi connectivity index (χ1) is 8.86. The summed E-state index contributed by atoms with van der Waals surface area (Å²) in [5, 5.41) is 1.24. The molecule has 0 spiro atoms. The molecule has 1 saturated heterocycles. The van der Waals surface area contributed by atoms with Crippen LogP contribution >= 0.6 is 11.8 Å². The molecule has 0 N–H and O–H groups in total. The maximum Gasteiger partial charge on any atom is 0.101 e. The first kappa shape index (κ1) is 13.9. The number of hydrogen-bond donors (Lipinski definition) is 0. The molecule has 0 aliphatic carbocycles. The van der Waals surface area contributed by atoms with Gasteiger partial charge in [0.15, 0.2) is 0 Å². The monoisotopic (exact) mass is 264 g/mol. The van der Waals surface area contributed by atoms with E-state index in [0.717, 1.165) is 5.75 Å². The van der Waals surface area contributed by atoms with Gasteiger partial charge in [0.25, 0.3) is 0 Å². The zero-order valence-electron chi connectivity index (χ0n) is 11.6. The fourth-order valence-electron chi connectivity index (χ4n) is 2.81. The van der Waals surface area contributed by atoms with Gasteiger partial charge in [-0.1, -0.05) is 26.3 Å². The van der Waals surface area contributed by atoms with Crippen molar-refractivity contribution >= 4 is 11.8 Å². The lowest BCUT2D eigenvalue weighted by Gasteiger charge is -2.36. The molecule has 0 saturated carbocycles. The number of hydrogen-bond acceptors (Lipinski definition) is 3. The molecule has 2 heterocycles. The number of pyridine rings is 1. The predicted octanol–water partition coefficient (Wildman–Crippen LogP) is 4.13. The smallest absolute Gasteiger partial charge is 0.101 e. The number of rotatable bonds is 5. The highest BCUT2D eigenvalue weighted by molar-refractivity contribution is 7.99. The highest BCUT2D eigenvalue weighted by Gasteiger charge is 2.25. The molecule has 0 amide bonds. The molecule has 100 valence electrons. The van der Waals surface area contributed by atoms with Crippen LogP contribution in [0.4, 0.5) is 0 Å². The van der Waals surface area contributed by atoms with E-state index in [1.165, 1.54) is 49.4 Å². The molecule has 3 heteroatoms. The maximum atomic E-state index is 4.57. The maximum absolute atomic E-state index is 4.57. The number of nitrogens with zero attached hydrogens (tertiary/aromatic N) is 2. The second-order valence-electron chi connectivity index (χ2n) is 4.88. The molecule has 1 aromatic rings. The first-order valence-electron chi connectivity index (χ1n) is 7.18. The van der Waals surface area contributed by atoms with Crippen LogP contribution < -0.4 is 0 Å². The fraction of sp³-hybridized carbons (Fsp3) is 0.667. The van der Waals surface area contributed by atoms with Crippen LogP contribution in [-0.4, -0.2) is 28.7 Å². The van der Waals surface area contributed by atoms with E-state index in [2.05, 4.69) is 35.9 Å². The second kappa shape index (κ2) is 7.15. The number of piperidine rings is 1. The van der Waals surface area contributed by atoms with E-state index < -0.39 is 0 Å². The van der Waals surface area contributed by atoms with Gasteiger partial charge in [-0.05, 0) is 44.2 Å². The average molecular weight is 264 g/mol. The van der Waals surface area contributed by atoms with E-state index in [1.807, 2.05) is 18.0 Å². The Morgan fingerprint density at radius 2 is 2.28 bits per heavy atom. The second-order valence-corrected chi connectivity index (χ2v) is 6.13. The van der Waals surface area contributed by atoms with Crippen molar-refractivity contribution in [1.82, 2.24) is 9.88 Å². The van der Waals surface area contributed by atoms with Crippen molar-refractivity contribution in [3.63, 3.8) is 0 Å². The molecule has 0 radical (unpaired) electrons. The molecule has 2 rings (SSSR count). The lowest BCUT2D eigenvalue weighted by atomic mass is 9.96. The minimum atomic E-state index is 0.599. The van der Waals surface area contributed by atoms with Crippen molar-refractivity contribution in [2.75, 3.05) is 18.8 Å². The first-order valence-corrected chi connectivity index (χ1v) is 8.17. The minimum absolute atomic E-state index is 0.599. The van der Waals surface area contributed by atoms with E-state index in [0.29, 0.717) is 6.04 Å². The van der Waals surface area contributed by atoms with Crippen LogP contribution in [0.2, 0.25) is 0 Å². The van der Waals surface area contributed by atoms with Crippen molar-refractivity contribution in [2.24, 2.45) is 0 Å². The van der Waals surface area contributed by atoms with Crippen LogP contribution in [0, 0.1) is 0 Å². The molecule has 1 fully saturated rings. The molecule has 18 heavy (non-hydrogen) atoms. The third kappa shape index (κ3) is 3.27. The normalized spacial score (nSPS) is 21.1. The van der Waals surface area contributed by atoms with Crippen molar-refractivity contribution in [3.8, 4) is 0 Å². The van der Waals surface area contributed by atoms with Gasteiger partial charge in [-0.25, -0.2) is 4.98 Å². The Labute approximate surface area is 115 Å². The Balaban J connectivity index is 2.21. The molecule has 1 aliphatic heterocycles. The SMILES string of the molecule is CCCN1CCCCC1c1cccnc1SCC. The van der Waals surface area contributed by atoms with Gasteiger partial charge in [0, 0.05) is 17.8 Å². The zero-order valence-corrected chi connectivity index (χ0v) is 12.4. The van der Waals surface area contributed by atoms with Gasteiger partial charge in [0.2, 0.25) is 0 Å². The quantitative estimate of drug-likeness (QED) is 0.744. The molecule has 2 nitrogen and oxygen atoms in total. The van der Waals surface area contributed by atoms with Crippen LogP contribution in [0.1, 0.15) is 51.1 Å². The number of likely N-dealkylation sites (tertiary alicyclic amines) is 1. The summed E-state index contributed by atoms with van der Waals surface area (Å²) in [4.78, 5) is 7.23. The summed E-state index contributed by atoms with van der Waals surface area (Å²) in [6.07, 6.45) is 7.17. The summed E-state index contributed by atoms with van der Waals surface area (Å²) in [6, 6.07) is 4.97. The third-order valence-electron chi connectivity index (χ3n) is 3.57. The Morgan fingerprint density at radius 1 is 1.39 bits per heavy atom. The van der Waals surface area contributed by atoms with Gasteiger partial charge in [0.05, 0.1) is 0 Å². The van der Waals surface area contributed by atoms with E-state index in [9.17, 15) is 0 Å². The summed E-state index contributed by atoms with van der Waals surface area (Å²) >= 11 is 1.88. The molecule has 1 aromatic heterocycles. The highest BCUT2D eigenvalue weighted by Crippen LogP contribution is 2.35. The minimum Gasteiger partial charge on any atom is -0.296 e. The largest absolute Gasteiger partial charge is 0.296 e. The standard InChI is InChI=1S/C15H24N2S/c1-3-11-17-12-6-5-9-14(17)13-8-7-10-16-15(13)18-4-2/h7-8,10,14H,3-6,9,11-12H2,1-2H3. The summed E-state index contributed by atoms with van der Waals surface area (Å²) in [6.45, 7) is 6.95. The van der Waals surface area contributed by atoms with Crippen molar-refractivity contribution in [1.29, 1.82) is 0 Å². The summed E-state index contributed by atoms with van der Waals surface area (Å²) in [5.74, 6) is 1.10. The van der Waals surface area contributed by atoms with Crippen LogP contribution in [0.25, 0.3) is 0 Å². The van der Waals surface area contributed by atoms with Crippen LogP contribution in [0.5, 0.6) is 0 Å². The van der Waals surface area contributed by atoms with Crippen molar-refractivity contribution < 1.29 is 0 Å². The van der Waals surface area contributed by atoms with Gasteiger partial charge in [-0.15, -0.1) is 11.8 Å². The van der Waals surface area contributed by atoms with Gasteiger partial charge < -0.3 is 0 Å². The Hall–Kier alpha value is -0.540. The zero-order chi connectivity index (χ0) is 12.8. The van der Waals surface area contributed by atoms with Gasteiger partial charge >= 0.3 is 0 Å². The molecule has 1 atom stereocenters. The Bertz CT molecular complexity index is 365. The number of aromatic nitrogens is 1. The van der Waals surface area contributed by atoms with Gasteiger partial charge in [-0.3, -0.25) is 4.90 Å². The summed E-state index contributed by atoms with van der Waals surface area (Å²) in [7, 11) is 0. The van der Waals surface area contributed by atoms with Crippen LogP contribution in [-0.2, 0) is 0 Å². The Kier molecular flexibility index (Phi) is 5.51. The van der Waals surface area contributed by atoms with Crippen molar-refractivity contribution in [2.45, 2.75) is 50.6 Å². The molecule has 1 unspecified atom stereocenters. The van der Waals surface area contributed by atoms with Crippen molar-refractivity contribution in [3.05, 3.63) is 23.9 Å². The summed E-state index contributed by atoms with van der Waals surface area (Å²) < 4.78 is 0. The average Bonchev–Trinajstić information content (AvgIpc) is 2.41. The van der Waals surface area contributed by atoms with Gasteiger partial charge in [0.1, 0.15) is 5.03 Å². The van der Waals surface area contributed by atoms with E-state index in [-0.39, 0.29) is 0 Å². The highest BCUT2D eigenvalue weighted by atomic mass is 32.2. The van der Waals surface area contributed by atoms with E-state index in [4.69, 9.17) is 0 Å². The molecular formula is C15H24N2S. The van der Waals surface area contributed by atoms with E-state index >= 15 is 0 Å².